The number of pyridine rings is 1. The molecule has 0 aliphatic heterocycles. The fourth-order valence-corrected chi connectivity index (χ4v) is 4.09. The number of nitrogens with zero attached hydrogens (tertiary/aromatic N) is 2. The summed E-state index contributed by atoms with van der Waals surface area (Å²) in [7, 11) is 0. The second-order valence-electron chi connectivity index (χ2n) is 5.25. The van der Waals surface area contributed by atoms with Crippen molar-refractivity contribution in [2.75, 3.05) is 11.9 Å². The van der Waals surface area contributed by atoms with Gasteiger partial charge in [0.15, 0.2) is 5.13 Å². The number of rotatable bonds is 7. The van der Waals surface area contributed by atoms with Gasteiger partial charge in [-0.15, -0.1) is 0 Å². The SMILES string of the molecule is CCOc1ccc2nc(NC(=O)C(CC)Sc3ccccn3)sc2c1. The molecular formula is C18H19N3O2S2. The average molecular weight is 374 g/mol. The van der Waals surface area contributed by atoms with Crippen molar-refractivity contribution in [1.82, 2.24) is 9.97 Å². The van der Waals surface area contributed by atoms with Gasteiger partial charge in [0.25, 0.3) is 0 Å². The van der Waals surface area contributed by atoms with Crippen LogP contribution < -0.4 is 10.1 Å². The lowest BCUT2D eigenvalue weighted by Gasteiger charge is -2.12. The fourth-order valence-electron chi connectivity index (χ4n) is 2.29. The molecular weight excluding hydrogens is 354 g/mol. The smallest absolute Gasteiger partial charge is 0.239 e. The minimum Gasteiger partial charge on any atom is -0.494 e. The van der Waals surface area contributed by atoms with Gasteiger partial charge in [-0.3, -0.25) is 4.79 Å². The van der Waals surface area contributed by atoms with E-state index in [9.17, 15) is 4.79 Å². The standard InChI is InChI=1S/C18H19N3O2S2/c1-3-14(24-16-7-5-6-10-19-16)17(22)21-18-20-13-9-8-12(23-4-2)11-15(13)25-18/h5-11,14H,3-4H2,1-2H3,(H,20,21,22). The van der Waals surface area contributed by atoms with E-state index in [1.54, 1.807) is 6.20 Å². The molecule has 0 fully saturated rings. The number of thiazole rings is 1. The number of amides is 1. The Morgan fingerprint density at radius 3 is 2.92 bits per heavy atom. The zero-order chi connectivity index (χ0) is 17.6. The Balaban J connectivity index is 1.71. The van der Waals surface area contributed by atoms with Crippen molar-refractivity contribution >= 4 is 44.4 Å². The zero-order valence-electron chi connectivity index (χ0n) is 14.1. The van der Waals surface area contributed by atoms with Gasteiger partial charge in [0.05, 0.1) is 27.1 Å². The number of carbonyl (C=O) groups excluding carboxylic acids is 1. The van der Waals surface area contributed by atoms with Crippen LogP contribution in [-0.2, 0) is 4.79 Å². The number of carbonyl (C=O) groups is 1. The van der Waals surface area contributed by atoms with Crippen LogP contribution in [0.15, 0.2) is 47.6 Å². The number of fused-ring (bicyclic) bond motifs is 1. The highest BCUT2D eigenvalue weighted by molar-refractivity contribution is 8.00. The van der Waals surface area contributed by atoms with Crippen molar-refractivity contribution in [3.63, 3.8) is 0 Å². The molecule has 25 heavy (non-hydrogen) atoms. The lowest BCUT2D eigenvalue weighted by molar-refractivity contribution is -0.115. The summed E-state index contributed by atoms with van der Waals surface area (Å²) in [5.41, 5.74) is 0.856. The quantitative estimate of drug-likeness (QED) is 0.613. The maximum atomic E-state index is 12.6. The molecule has 0 saturated heterocycles. The predicted octanol–water partition coefficient (Wildman–Crippen LogP) is 4.60. The molecule has 0 spiro atoms. The van der Waals surface area contributed by atoms with Gasteiger partial charge in [-0.25, -0.2) is 9.97 Å². The van der Waals surface area contributed by atoms with Crippen LogP contribution in [-0.4, -0.2) is 27.7 Å². The molecule has 5 nitrogen and oxygen atoms in total. The van der Waals surface area contributed by atoms with Crippen LogP contribution in [0.1, 0.15) is 20.3 Å². The molecule has 0 radical (unpaired) electrons. The van der Waals surface area contributed by atoms with Crippen molar-refractivity contribution in [2.45, 2.75) is 30.5 Å². The second-order valence-corrected chi connectivity index (χ2v) is 7.51. The zero-order valence-corrected chi connectivity index (χ0v) is 15.7. The molecule has 7 heteroatoms. The summed E-state index contributed by atoms with van der Waals surface area (Å²) in [6.45, 7) is 4.57. The molecule has 2 aromatic heterocycles. The first-order chi connectivity index (χ1) is 12.2. The van der Waals surface area contributed by atoms with Crippen molar-refractivity contribution in [1.29, 1.82) is 0 Å². The monoisotopic (exact) mass is 373 g/mol. The predicted molar refractivity (Wildman–Crippen MR) is 104 cm³/mol. The molecule has 3 aromatic rings. The Bertz CT molecular complexity index is 852. The van der Waals surface area contributed by atoms with Crippen molar-refractivity contribution in [2.24, 2.45) is 0 Å². The van der Waals surface area contributed by atoms with Gasteiger partial charge in [0.1, 0.15) is 5.75 Å². The van der Waals surface area contributed by atoms with E-state index in [-0.39, 0.29) is 11.2 Å². The Kier molecular flexibility index (Phi) is 5.88. The van der Waals surface area contributed by atoms with Gasteiger partial charge >= 0.3 is 0 Å². The van der Waals surface area contributed by atoms with Gasteiger partial charge < -0.3 is 10.1 Å². The number of hydrogen-bond acceptors (Lipinski definition) is 6. The van der Waals surface area contributed by atoms with Gasteiger partial charge in [0.2, 0.25) is 5.91 Å². The van der Waals surface area contributed by atoms with E-state index < -0.39 is 0 Å². The molecule has 1 aromatic carbocycles. The van der Waals surface area contributed by atoms with Crippen molar-refractivity contribution in [3.8, 4) is 5.75 Å². The number of aromatic nitrogens is 2. The van der Waals surface area contributed by atoms with Crippen LogP contribution in [0.4, 0.5) is 5.13 Å². The summed E-state index contributed by atoms with van der Waals surface area (Å²) in [5, 5.41) is 4.17. The van der Waals surface area contributed by atoms with Crippen LogP contribution in [0.3, 0.4) is 0 Å². The topological polar surface area (TPSA) is 64.1 Å². The van der Waals surface area contributed by atoms with Crippen LogP contribution in [0.5, 0.6) is 5.75 Å². The normalized spacial score (nSPS) is 12.1. The number of benzene rings is 1. The van der Waals surface area contributed by atoms with E-state index in [1.807, 2.05) is 50.2 Å². The van der Waals surface area contributed by atoms with E-state index in [0.717, 1.165) is 21.0 Å². The van der Waals surface area contributed by atoms with E-state index in [4.69, 9.17) is 4.74 Å². The van der Waals surface area contributed by atoms with E-state index >= 15 is 0 Å². The van der Waals surface area contributed by atoms with Gasteiger partial charge in [-0.2, -0.15) is 0 Å². The summed E-state index contributed by atoms with van der Waals surface area (Å²) in [6.07, 6.45) is 2.45. The second kappa shape index (κ2) is 8.31. The summed E-state index contributed by atoms with van der Waals surface area (Å²) in [5.74, 6) is 0.760. The van der Waals surface area contributed by atoms with Gasteiger partial charge in [0, 0.05) is 6.20 Å². The Labute approximate surface area is 154 Å². The minimum absolute atomic E-state index is 0.0535. The minimum atomic E-state index is -0.208. The highest BCUT2D eigenvalue weighted by Crippen LogP contribution is 2.30. The molecule has 1 unspecified atom stereocenters. The molecule has 1 amide bonds. The molecule has 1 atom stereocenters. The maximum absolute atomic E-state index is 12.6. The number of ether oxygens (including phenoxy) is 1. The van der Waals surface area contributed by atoms with Gasteiger partial charge in [-0.1, -0.05) is 36.1 Å². The summed E-state index contributed by atoms with van der Waals surface area (Å²) in [4.78, 5) is 21.3. The Morgan fingerprint density at radius 1 is 1.32 bits per heavy atom. The molecule has 1 N–H and O–H groups in total. The number of nitrogens with one attached hydrogen (secondary N) is 1. The number of anilines is 1. The molecule has 0 bridgehead atoms. The largest absolute Gasteiger partial charge is 0.494 e. The van der Waals surface area contributed by atoms with Crippen molar-refractivity contribution in [3.05, 3.63) is 42.6 Å². The van der Waals surface area contributed by atoms with Crippen LogP contribution in [0.2, 0.25) is 0 Å². The lowest BCUT2D eigenvalue weighted by atomic mass is 10.3. The Morgan fingerprint density at radius 2 is 2.20 bits per heavy atom. The summed E-state index contributed by atoms with van der Waals surface area (Å²) >= 11 is 2.92. The highest BCUT2D eigenvalue weighted by Gasteiger charge is 2.20. The molecule has 0 aliphatic rings. The maximum Gasteiger partial charge on any atom is 0.239 e. The lowest BCUT2D eigenvalue weighted by Crippen LogP contribution is -2.24. The van der Waals surface area contributed by atoms with E-state index in [0.29, 0.717) is 18.2 Å². The van der Waals surface area contributed by atoms with Crippen LogP contribution in [0, 0.1) is 0 Å². The molecule has 3 rings (SSSR count). The van der Waals surface area contributed by atoms with Crippen molar-refractivity contribution < 1.29 is 9.53 Å². The molecule has 0 saturated carbocycles. The molecule has 2 heterocycles. The highest BCUT2D eigenvalue weighted by atomic mass is 32.2. The third-order valence-corrected chi connectivity index (χ3v) is 5.71. The molecule has 130 valence electrons. The first kappa shape index (κ1) is 17.7. The fraction of sp³-hybridized carbons (Fsp3) is 0.278. The summed E-state index contributed by atoms with van der Waals surface area (Å²) in [6, 6.07) is 11.4. The first-order valence-electron chi connectivity index (χ1n) is 8.11. The third kappa shape index (κ3) is 4.49. The van der Waals surface area contributed by atoms with E-state index in [1.165, 1.54) is 23.1 Å². The molecule has 0 aliphatic carbocycles. The summed E-state index contributed by atoms with van der Waals surface area (Å²) < 4.78 is 6.50. The third-order valence-electron chi connectivity index (χ3n) is 3.47. The van der Waals surface area contributed by atoms with Crippen LogP contribution in [0.25, 0.3) is 10.2 Å². The van der Waals surface area contributed by atoms with E-state index in [2.05, 4.69) is 15.3 Å². The number of thioether (sulfide) groups is 1. The van der Waals surface area contributed by atoms with Gasteiger partial charge in [-0.05, 0) is 43.7 Å². The Hall–Kier alpha value is -2.12. The van der Waals surface area contributed by atoms with Crippen LogP contribution >= 0.6 is 23.1 Å². The number of hydrogen-bond donors (Lipinski definition) is 1. The first-order valence-corrected chi connectivity index (χ1v) is 9.81. The average Bonchev–Trinajstić information content (AvgIpc) is 3.02.